The highest BCUT2D eigenvalue weighted by Gasteiger charge is 2.19. The molecule has 0 aliphatic heterocycles. The minimum Gasteiger partial charge on any atom is -0.494 e. The summed E-state index contributed by atoms with van der Waals surface area (Å²) in [4.78, 5) is 9.18. The van der Waals surface area contributed by atoms with Crippen LogP contribution in [0.15, 0.2) is 54.9 Å². The second kappa shape index (κ2) is 15.5. The van der Waals surface area contributed by atoms with E-state index in [9.17, 15) is 0 Å². The van der Waals surface area contributed by atoms with Crippen LogP contribution in [0.25, 0.3) is 21.9 Å². The molecule has 0 bridgehead atoms. The van der Waals surface area contributed by atoms with Crippen LogP contribution in [0.3, 0.4) is 0 Å². The van der Waals surface area contributed by atoms with Crippen molar-refractivity contribution >= 4 is 27.8 Å². The van der Waals surface area contributed by atoms with Crippen LogP contribution in [0.4, 0.5) is 5.82 Å². The van der Waals surface area contributed by atoms with Crippen LogP contribution in [0, 0.1) is 0 Å². The Morgan fingerprint density at radius 2 is 1.54 bits per heavy atom. The zero-order valence-corrected chi connectivity index (χ0v) is 23.9. The maximum absolute atomic E-state index is 6.27. The van der Waals surface area contributed by atoms with Crippen LogP contribution < -0.4 is 10.5 Å². The van der Waals surface area contributed by atoms with Crippen molar-refractivity contribution in [3.05, 3.63) is 60.4 Å². The third kappa shape index (κ3) is 8.18. The third-order valence-corrected chi connectivity index (χ3v) is 7.51. The Hall–Kier alpha value is -3.12. The molecule has 2 aromatic carbocycles. The normalized spacial score (nSPS) is 12.4. The first-order valence-corrected chi connectivity index (χ1v) is 15.0. The van der Waals surface area contributed by atoms with Crippen LogP contribution in [0.2, 0.25) is 0 Å². The topological polar surface area (TPSA) is 75.2 Å². The average molecular weight is 531 g/mol. The quantitative estimate of drug-likeness (QED) is 0.131. The molecule has 0 spiro atoms. The first-order valence-electron chi connectivity index (χ1n) is 15.0. The number of benzene rings is 2. The van der Waals surface area contributed by atoms with Gasteiger partial charge in [-0.3, -0.25) is 0 Å². The molecule has 0 unspecified atom stereocenters. The molecule has 0 amide bonds. The Kier molecular flexibility index (Phi) is 11.5. The van der Waals surface area contributed by atoms with E-state index in [1.165, 1.54) is 63.4 Å². The molecular formula is C33H46N4O2. The number of hydrogen-bond donors (Lipinski definition) is 1. The van der Waals surface area contributed by atoms with Gasteiger partial charge in [0.1, 0.15) is 11.3 Å². The van der Waals surface area contributed by atoms with Crippen LogP contribution in [0.5, 0.6) is 5.75 Å². The average Bonchev–Trinajstić information content (AvgIpc) is 3.41. The molecule has 0 saturated carbocycles. The number of unbranched alkanes of at least 4 members (excludes halogenated alkanes) is 9. The Morgan fingerprint density at radius 1 is 0.846 bits per heavy atom. The van der Waals surface area contributed by atoms with Crippen molar-refractivity contribution in [2.75, 3.05) is 25.6 Å². The first-order chi connectivity index (χ1) is 19.2. The molecule has 1 atom stereocenters. The van der Waals surface area contributed by atoms with Crippen LogP contribution in [-0.4, -0.2) is 34.4 Å². The molecule has 210 valence electrons. The molecule has 39 heavy (non-hydrogen) atoms. The summed E-state index contributed by atoms with van der Waals surface area (Å²) in [6.45, 7) is 6.35. The van der Waals surface area contributed by atoms with E-state index >= 15 is 0 Å². The molecule has 6 nitrogen and oxygen atoms in total. The molecule has 2 N–H and O–H groups in total. The van der Waals surface area contributed by atoms with Gasteiger partial charge >= 0.3 is 0 Å². The van der Waals surface area contributed by atoms with Gasteiger partial charge in [0.25, 0.3) is 0 Å². The van der Waals surface area contributed by atoms with Gasteiger partial charge in [0, 0.05) is 12.0 Å². The monoisotopic (exact) mass is 530 g/mol. The minimum absolute atomic E-state index is 0.0820. The van der Waals surface area contributed by atoms with Gasteiger partial charge < -0.3 is 19.8 Å². The number of aromatic nitrogens is 3. The minimum atomic E-state index is 0.0820. The molecule has 4 rings (SSSR count). The van der Waals surface area contributed by atoms with Crippen molar-refractivity contribution in [3.8, 4) is 5.75 Å². The van der Waals surface area contributed by atoms with Gasteiger partial charge in [-0.25, -0.2) is 9.97 Å². The van der Waals surface area contributed by atoms with Crippen LogP contribution >= 0.6 is 0 Å². The summed E-state index contributed by atoms with van der Waals surface area (Å²) in [6, 6.07) is 16.7. The Balaban J connectivity index is 1.31. The number of ether oxygens (including phenoxy) is 2. The fourth-order valence-electron chi connectivity index (χ4n) is 5.31. The number of imidazole rings is 1. The summed E-state index contributed by atoms with van der Waals surface area (Å²) in [5.41, 5.74) is 10.1. The Morgan fingerprint density at radius 3 is 2.26 bits per heavy atom. The number of para-hydroxylation sites is 1. The molecule has 0 radical (unpaired) electrons. The van der Waals surface area contributed by atoms with E-state index in [1.807, 2.05) is 31.5 Å². The van der Waals surface area contributed by atoms with Crippen molar-refractivity contribution in [2.24, 2.45) is 0 Å². The van der Waals surface area contributed by atoms with Gasteiger partial charge in [0.2, 0.25) is 0 Å². The molecule has 0 saturated heterocycles. The second-order valence-electron chi connectivity index (χ2n) is 10.6. The largest absolute Gasteiger partial charge is 0.494 e. The van der Waals surface area contributed by atoms with Gasteiger partial charge in [-0.2, -0.15) is 0 Å². The molecule has 6 heteroatoms. The number of fused-ring (bicyclic) bond motifs is 3. The standard InChI is InChI=1S/C33H46N4O2/c1-3-5-6-7-8-9-10-11-12-15-22-39-28-20-18-26(19-21-28)23-27(24-38-4-2)37-25-35-31-32(37)29-16-13-14-17-30(29)36-33(31)34/h13-14,16-21,25,27H,3-12,15,22-24H2,1-2H3,(H2,34,36)/t27-/m0/s1. The summed E-state index contributed by atoms with van der Waals surface area (Å²) in [6.07, 6.45) is 16.0. The van der Waals surface area contributed by atoms with Crippen molar-refractivity contribution in [3.63, 3.8) is 0 Å². The number of anilines is 1. The maximum Gasteiger partial charge on any atom is 0.152 e. The highest BCUT2D eigenvalue weighted by Crippen LogP contribution is 2.30. The van der Waals surface area contributed by atoms with Crippen molar-refractivity contribution in [2.45, 2.75) is 90.5 Å². The lowest BCUT2D eigenvalue weighted by Gasteiger charge is -2.20. The van der Waals surface area contributed by atoms with Crippen molar-refractivity contribution in [1.29, 1.82) is 0 Å². The maximum atomic E-state index is 6.27. The van der Waals surface area contributed by atoms with Crippen LogP contribution in [-0.2, 0) is 11.2 Å². The summed E-state index contributed by atoms with van der Waals surface area (Å²) in [5, 5.41) is 1.05. The predicted octanol–water partition coefficient (Wildman–Crippen LogP) is 8.29. The molecule has 4 aromatic rings. The molecule has 0 aliphatic carbocycles. The number of rotatable bonds is 18. The molecule has 2 aromatic heterocycles. The lowest BCUT2D eigenvalue weighted by molar-refractivity contribution is 0.114. The number of nitrogens with two attached hydrogens (primary N) is 1. The molecular weight excluding hydrogens is 484 g/mol. The van der Waals surface area contributed by atoms with Gasteiger partial charge in [-0.1, -0.05) is 95.0 Å². The fourth-order valence-corrected chi connectivity index (χ4v) is 5.31. The second-order valence-corrected chi connectivity index (χ2v) is 10.6. The number of hydrogen-bond acceptors (Lipinski definition) is 5. The van der Waals surface area contributed by atoms with Crippen LogP contribution in [0.1, 0.15) is 89.7 Å². The highest BCUT2D eigenvalue weighted by molar-refractivity contribution is 6.06. The predicted molar refractivity (Wildman–Crippen MR) is 162 cm³/mol. The summed E-state index contributed by atoms with van der Waals surface area (Å²) in [5.74, 6) is 1.40. The highest BCUT2D eigenvalue weighted by atomic mass is 16.5. The van der Waals surface area contributed by atoms with E-state index in [4.69, 9.17) is 15.2 Å². The lowest BCUT2D eigenvalue weighted by atomic mass is 10.1. The third-order valence-electron chi connectivity index (χ3n) is 7.51. The molecule has 2 heterocycles. The SMILES string of the molecule is CCCCCCCCCCCCOc1ccc(C[C@@H](COCC)n2cnc3c(N)nc4ccccc4c32)cc1. The summed E-state index contributed by atoms with van der Waals surface area (Å²) in [7, 11) is 0. The summed E-state index contributed by atoms with van der Waals surface area (Å²) >= 11 is 0. The van der Waals surface area contributed by atoms with E-state index in [0.717, 1.165) is 47.1 Å². The van der Waals surface area contributed by atoms with E-state index < -0.39 is 0 Å². The van der Waals surface area contributed by atoms with Gasteiger partial charge in [0.15, 0.2) is 5.82 Å². The number of nitrogens with zero attached hydrogens (tertiary/aromatic N) is 3. The van der Waals surface area contributed by atoms with E-state index in [-0.39, 0.29) is 6.04 Å². The van der Waals surface area contributed by atoms with Gasteiger partial charge in [-0.05, 0) is 43.5 Å². The zero-order valence-electron chi connectivity index (χ0n) is 23.9. The Bertz CT molecular complexity index is 1270. The summed E-state index contributed by atoms with van der Waals surface area (Å²) < 4.78 is 14.2. The lowest BCUT2D eigenvalue weighted by Crippen LogP contribution is -2.18. The Labute approximate surface area is 233 Å². The van der Waals surface area contributed by atoms with E-state index in [0.29, 0.717) is 19.0 Å². The smallest absolute Gasteiger partial charge is 0.152 e. The van der Waals surface area contributed by atoms with E-state index in [2.05, 4.69) is 51.8 Å². The van der Waals surface area contributed by atoms with Gasteiger partial charge in [0.05, 0.1) is 36.6 Å². The van der Waals surface area contributed by atoms with Crippen molar-refractivity contribution < 1.29 is 9.47 Å². The molecule has 0 aliphatic rings. The first kappa shape index (κ1) is 28.9. The number of nitrogen functional groups attached to an aromatic ring is 1. The zero-order chi connectivity index (χ0) is 27.3. The molecule has 0 fully saturated rings. The fraction of sp³-hybridized carbons (Fsp3) is 0.515. The van der Waals surface area contributed by atoms with Gasteiger partial charge in [-0.15, -0.1) is 0 Å². The van der Waals surface area contributed by atoms with Crippen molar-refractivity contribution in [1.82, 2.24) is 14.5 Å². The van der Waals surface area contributed by atoms with E-state index in [1.54, 1.807) is 0 Å². The number of pyridine rings is 1.